The molecule has 1 amide bonds. The Labute approximate surface area is 135 Å². The molecule has 0 saturated heterocycles. The third-order valence-corrected chi connectivity index (χ3v) is 4.10. The summed E-state index contributed by atoms with van der Waals surface area (Å²) in [5.41, 5.74) is 8.75. The molecule has 6 nitrogen and oxygen atoms in total. The minimum absolute atomic E-state index is 0.196. The van der Waals surface area contributed by atoms with Crippen molar-refractivity contribution >= 4 is 5.91 Å². The number of β-amino-alcohol motifs (C(OH)–C–C–N with tert-alkyl or cyclic N) is 1. The summed E-state index contributed by atoms with van der Waals surface area (Å²) in [6.07, 6.45) is 5.34. The van der Waals surface area contributed by atoms with Crippen molar-refractivity contribution < 1.29 is 9.90 Å². The smallest absolute Gasteiger partial charge is 0.252 e. The van der Waals surface area contributed by atoms with Crippen LogP contribution in [0.3, 0.4) is 0 Å². The van der Waals surface area contributed by atoms with E-state index in [1.807, 2.05) is 6.07 Å². The molecule has 2 aliphatic rings. The van der Waals surface area contributed by atoms with Crippen LogP contribution in [0.2, 0.25) is 0 Å². The first-order valence-electron chi connectivity index (χ1n) is 7.85. The van der Waals surface area contributed by atoms with Crippen LogP contribution in [0, 0.1) is 0 Å². The minimum atomic E-state index is -0.580. The Morgan fingerprint density at radius 3 is 2.91 bits per heavy atom. The van der Waals surface area contributed by atoms with Gasteiger partial charge in [0.05, 0.1) is 11.7 Å². The van der Waals surface area contributed by atoms with Crippen molar-refractivity contribution in [1.29, 1.82) is 0 Å². The molecule has 1 aromatic carbocycles. The molecule has 0 bridgehead atoms. The van der Waals surface area contributed by atoms with Gasteiger partial charge in [-0.3, -0.25) is 9.69 Å². The van der Waals surface area contributed by atoms with Gasteiger partial charge in [0, 0.05) is 38.6 Å². The van der Waals surface area contributed by atoms with Crippen LogP contribution in [-0.2, 0) is 17.8 Å². The summed E-state index contributed by atoms with van der Waals surface area (Å²) in [5.74, 6) is -0.196. The largest absolute Gasteiger partial charge is 0.390 e. The van der Waals surface area contributed by atoms with Crippen molar-refractivity contribution in [3.63, 3.8) is 0 Å². The Morgan fingerprint density at radius 1 is 1.30 bits per heavy atom. The molecule has 122 valence electrons. The van der Waals surface area contributed by atoms with E-state index in [9.17, 15) is 9.90 Å². The number of amides is 1. The zero-order valence-corrected chi connectivity index (χ0v) is 13.0. The molecule has 2 aliphatic heterocycles. The number of nitrogens with zero attached hydrogens (tertiary/aromatic N) is 1. The highest BCUT2D eigenvalue weighted by Crippen LogP contribution is 2.18. The third kappa shape index (κ3) is 4.12. The molecule has 6 heteroatoms. The highest BCUT2D eigenvalue weighted by atomic mass is 16.3. The zero-order valence-electron chi connectivity index (χ0n) is 13.0. The molecule has 23 heavy (non-hydrogen) atoms. The lowest BCUT2D eigenvalue weighted by atomic mass is 10.00. The van der Waals surface area contributed by atoms with Crippen molar-refractivity contribution in [3.05, 3.63) is 59.4 Å². The van der Waals surface area contributed by atoms with Crippen molar-refractivity contribution in [2.45, 2.75) is 19.1 Å². The van der Waals surface area contributed by atoms with E-state index in [1.165, 1.54) is 11.1 Å². The first kappa shape index (κ1) is 15.6. The van der Waals surface area contributed by atoms with E-state index in [0.29, 0.717) is 12.1 Å². The van der Waals surface area contributed by atoms with Crippen molar-refractivity contribution in [2.75, 3.05) is 19.6 Å². The monoisotopic (exact) mass is 314 g/mol. The Bertz CT molecular complexity index is 627. The summed E-state index contributed by atoms with van der Waals surface area (Å²) in [6.45, 7) is 2.59. The van der Waals surface area contributed by atoms with E-state index >= 15 is 0 Å². The summed E-state index contributed by atoms with van der Waals surface area (Å²) in [5, 5.41) is 12.9. The van der Waals surface area contributed by atoms with Crippen LogP contribution in [0.15, 0.2) is 48.3 Å². The van der Waals surface area contributed by atoms with Gasteiger partial charge in [0.2, 0.25) is 0 Å². The average molecular weight is 314 g/mol. The molecule has 4 N–H and O–H groups in total. The number of rotatable bonds is 5. The van der Waals surface area contributed by atoms with Gasteiger partial charge in [-0.15, -0.1) is 0 Å². The summed E-state index contributed by atoms with van der Waals surface area (Å²) < 4.78 is 0. The second-order valence-electron chi connectivity index (χ2n) is 5.84. The van der Waals surface area contributed by atoms with E-state index in [0.717, 1.165) is 19.5 Å². The number of nitrogens with one attached hydrogen (secondary N) is 3. The normalized spacial score (nSPS) is 18.2. The van der Waals surface area contributed by atoms with Crippen LogP contribution in [0.4, 0.5) is 0 Å². The van der Waals surface area contributed by atoms with Gasteiger partial charge in [-0.2, -0.15) is 0 Å². The highest BCUT2D eigenvalue weighted by molar-refractivity contribution is 5.96. The quantitative estimate of drug-likeness (QED) is 0.617. The van der Waals surface area contributed by atoms with Crippen LogP contribution < -0.4 is 16.2 Å². The molecule has 2 heterocycles. The fourth-order valence-corrected chi connectivity index (χ4v) is 2.87. The Kier molecular flexibility index (Phi) is 4.95. The Balaban J connectivity index is 1.45. The predicted octanol–water partition coefficient (Wildman–Crippen LogP) is 0.0272. The third-order valence-electron chi connectivity index (χ3n) is 4.10. The van der Waals surface area contributed by atoms with Gasteiger partial charge in [0.15, 0.2) is 0 Å². The SMILES string of the molecule is O=C(NC[C@@H](O)CN1CCc2ccccc2C1)C1=CNNC=C1. The zero-order chi connectivity index (χ0) is 16.1. The predicted molar refractivity (Wildman–Crippen MR) is 87.9 cm³/mol. The van der Waals surface area contributed by atoms with Crippen LogP contribution in [-0.4, -0.2) is 41.7 Å². The first-order chi connectivity index (χ1) is 11.2. The lowest BCUT2D eigenvalue weighted by Gasteiger charge is -2.30. The molecule has 0 aliphatic carbocycles. The number of carbonyl (C=O) groups is 1. The number of hydrogen-bond donors (Lipinski definition) is 4. The van der Waals surface area contributed by atoms with Gasteiger partial charge in [0.1, 0.15) is 0 Å². The van der Waals surface area contributed by atoms with Gasteiger partial charge < -0.3 is 21.3 Å². The molecule has 0 aromatic heterocycles. The molecule has 0 unspecified atom stereocenters. The Morgan fingerprint density at radius 2 is 2.13 bits per heavy atom. The molecule has 0 radical (unpaired) electrons. The molecular weight excluding hydrogens is 292 g/mol. The minimum Gasteiger partial charge on any atom is -0.390 e. The number of carbonyl (C=O) groups excluding carboxylic acids is 1. The fourth-order valence-electron chi connectivity index (χ4n) is 2.87. The van der Waals surface area contributed by atoms with Gasteiger partial charge in [-0.25, -0.2) is 0 Å². The van der Waals surface area contributed by atoms with Gasteiger partial charge in [-0.1, -0.05) is 24.3 Å². The number of hydrazine groups is 1. The number of aliphatic hydroxyl groups excluding tert-OH is 1. The summed E-state index contributed by atoms with van der Waals surface area (Å²) in [6, 6.07) is 8.42. The van der Waals surface area contributed by atoms with Crippen LogP contribution in [0.25, 0.3) is 0 Å². The first-order valence-corrected chi connectivity index (χ1v) is 7.85. The summed E-state index contributed by atoms with van der Waals surface area (Å²) in [7, 11) is 0. The maximum Gasteiger partial charge on any atom is 0.252 e. The summed E-state index contributed by atoms with van der Waals surface area (Å²) >= 11 is 0. The molecular formula is C17H22N4O2. The van der Waals surface area contributed by atoms with Crippen LogP contribution in [0.5, 0.6) is 0 Å². The van der Waals surface area contributed by atoms with E-state index < -0.39 is 6.10 Å². The van der Waals surface area contributed by atoms with Crippen molar-refractivity contribution in [2.24, 2.45) is 0 Å². The van der Waals surface area contributed by atoms with E-state index in [2.05, 4.69) is 39.3 Å². The maximum absolute atomic E-state index is 11.9. The standard InChI is InChI=1S/C17H22N4O2/c22-16(10-18-17(23)14-5-7-19-20-9-14)12-21-8-6-13-3-1-2-4-15(13)11-21/h1-5,7,9,16,19-20,22H,6,8,10-12H2,(H,18,23)/t16-/m1/s1. The average Bonchev–Trinajstić information content (AvgIpc) is 2.60. The molecule has 0 saturated carbocycles. The van der Waals surface area contributed by atoms with Crippen LogP contribution in [0.1, 0.15) is 11.1 Å². The number of benzene rings is 1. The molecule has 1 aromatic rings. The maximum atomic E-state index is 11.9. The summed E-state index contributed by atoms with van der Waals surface area (Å²) in [4.78, 5) is 14.2. The van der Waals surface area contributed by atoms with E-state index in [4.69, 9.17) is 0 Å². The van der Waals surface area contributed by atoms with Gasteiger partial charge in [-0.05, 0) is 23.6 Å². The highest BCUT2D eigenvalue weighted by Gasteiger charge is 2.19. The lowest BCUT2D eigenvalue weighted by Crippen LogP contribution is -2.42. The number of aliphatic hydroxyl groups is 1. The molecule has 0 fully saturated rings. The second kappa shape index (κ2) is 7.30. The Hall–Kier alpha value is -2.31. The van der Waals surface area contributed by atoms with E-state index in [-0.39, 0.29) is 12.5 Å². The van der Waals surface area contributed by atoms with Gasteiger partial charge in [0.25, 0.3) is 5.91 Å². The molecule has 3 rings (SSSR count). The fraction of sp³-hybridized carbons (Fsp3) is 0.353. The number of fused-ring (bicyclic) bond motifs is 1. The molecule has 0 spiro atoms. The van der Waals surface area contributed by atoms with E-state index in [1.54, 1.807) is 18.5 Å². The van der Waals surface area contributed by atoms with Crippen LogP contribution >= 0.6 is 0 Å². The molecule has 1 atom stereocenters. The number of hydrogen-bond acceptors (Lipinski definition) is 5. The lowest BCUT2D eigenvalue weighted by molar-refractivity contribution is -0.117. The second-order valence-corrected chi connectivity index (χ2v) is 5.84. The van der Waals surface area contributed by atoms with Crippen molar-refractivity contribution in [1.82, 2.24) is 21.1 Å². The van der Waals surface area contributed by atoms with Crippen molar-refractivity contribution in [3.8, 4) is 0 Å². The topological polar surface area (TPSA) is 76.6 Å². The van der Waals surface area contributed by atoms with Gasteiger partial charge >= 0.3 is 0 Å².